The molecule has 2 aromatic rings. The molecule has 7 nitrogen and oxygen atoms in total. The van der Waals surface area contributed by atoms with Gasteiger partial charge in [0.1, 0.15) is 17.0 Å². The van der Waals surface area contributed by atoms with Crippen molar-refractivity contribution in [3.8, 4) is 5.75 Å². The zero-order valence-corrected chi connectivity index (χ0v) is 15.6. The third-order valence-electron chi connectivity index (χ3n) is 5.51. The van der Waals surface area contributed by atoms with Crippen molar-refractivity contribution in [1.29, 1.82) is 0 Å². The van der Waals surface area contributed by atoms with Gasteiger partial charge in [0.2, 0.25) is 0 Å². The second kappa shape index (κ2) is 7.16. The Morgan fingerprint density at radius 1 is 1.17 bits per heavy atom. The minimum absolute atomic E-state index is 0.151. The third-order valence-corrected chi connectivity index (χ3v) is 5.51. The minimum Gasteiger partial charge on any atom is -0.488 e. The molecule has 0 N–H and O–H groups in total. The zero-order chi connectivity index (χ0) is 20.8. The third kappa shape index (κ3) is 3.83. The van der Waals surface area contributed by atoms with E-state index in [-0.39, 0.29) is 41.2 Å². The molecule has 1 amide bonds. The van der Waals surface area contributed by atoms with Gasteiger partial charge in [-0.1, -0.05) is 0 Å². The van der Waals surface area contributed by atoms with E-state index in [1.165, 1.54) is 19.2 Å². The number of ketones is 1. The van der Waals surface area contributed by atoms with E-state index in [0.29, 0.717) is 25.9 Å². The van der Waals surface area contributed by atoms with Gasteiger partial charge in [-0.2, -0.15) is 23.0 Å². The first kappa shape index (κ1) is 19.4. The van der Waals surface area contributed by atoms with Crippen LogP contribution in [0.5, 0.6) is 5.75 Å². The van der Waals surface area contributed by atoms with Gasteiger partial charge in [0.25, 0.3) is 0 Å². The molecule has 1 aliphatic heterocycles. The highest BCUT2D eigenvalue weighted by molar-refractivity contribution is 5.92. The molecular formula is C19H19F3N4O3. The predicted molar refractivity (Wildman–Crippen MR) is 94.5 cm³/mol. The van der Waals surface area contributed by atoms with Crippen LogP contribution in [-0.4, -0.2) is 50.7 Å². The highest BCUT2D eigenvalue weighted by Gasteiger charge is 2.44. The molecule has 3 heterocycles. The van der Waals surface area contributed by atoms with Crippen molar-refractivity contribution in [1.82, 2.24) is 19.7 Å². The number of pyridine rings is 1. The number of rotatable bonds is 3. The first-order valence-electron chi connectivity index (χ1n) is 9.26. The number of amides is 1. The Hall–Kier alpha value is -2.91. The fraction of sp³-hybridized carbons (Fsp3) is 0.474. The Balaban J connectivity index is 1.38. The van der Waals surface area contributed by atoms with E-state index >= 15 is 0 Å². The molecule has 154 valence electrons. The minimum atomic E-state index is -4.50. The summed E-state index contributed by atoms with van der Waals surface area (Å²) in [5.41, 5.74) is -0.607. The lowest BCUT2D eigenvalue weighted by Crippen LogP contribution is -2.34. The van der Waals surface area contributed by atoms with E-state index in [0.717, 1.165) is 23.1 Å². The van der Waals surface area contributed by atoms with Crippen LogP contribution in [0.25, 0.3) is 0 Å². The van der Waals surface area contributed by atoms with Gasteiger partial charge in [0, 0.05) is 32.4 Å². The first-order valence-corrected chi connectivity index (χ1v) is 9.26. The van der Waals surface area contributed by atoms with Gasteiger partial charge in [-0.3, -0.25) is 9.78 Å². The second-order valence-corrected chi connectivity index (χ2v) is 7.49. The van der Waals surface area contributed by atoms with Crippen LogP contribution in [0.1, 0.15) is 35.8 Å². The normalized spacial score (nSPS) is 23.9. The van der Waals surface area contributed by atoms with Crippen LogP contribution in [0.2, 0.25) is 0 Å². The van der Waals surface area contributed by atoms with Gasteiger partial charge in [-0.25, -0.2) is 4.79 Å². The van der Waals surface area contributed by atoms with Crippen molar-refractivity contribution in [3.63, 3.8) is 0 Å². The molecule has 1 saturated carbocycles. The number of hydrogen-bond acceptors (Lipinski definition) is 5. The number of likely N-dealkylation sites (tertiary alicyclic amines) is 1. The van der Waals surface area contributed by atoms with Crippen molar-refractivity contribution < 1.29 is 27.5 Å². The van der Waals surface area contributed by atoms with E-state index in [9.17, 15) is 22.8 Å². The van der Waals surface area contributed by atoms with E-state index in [1.807, 2.05) is 0 Å². The summed E-state index contributed by atoms with van der Waals surface area (Å²) in [6.07, 6.45) is -0.0661. The van der Waals surface area contributed by atoms with E-state index < -0.39 is 11.7 Å². The van der Waals surface area contributed by atoms with Crippen LogP contribution in [0, 0.1) is 11.8 Å². The Morgan fingerprint density at radius 3 is 2.45 bits per heavy atom. The molecule has 0 radical (unpaired) electrons. The number of nitrogens with zero attached hydrogens (tertiary/aromatic N) is 4. The highest BCUT2D eigenvalue weighted by Crippen LogP contribution is 2.42. The van der Waals surface area contributed by atoms with E-state index in [1.54, 1.807) is 4.90 Å². The maximum Gasteiger partial charge on any atom is 0.420 e. The number of fused-ring (bicyclic) bond motifs is 1. The smallest absolute Gasteiger partial charge is 0.420 e. The number of carbonyl (C=O) groups is 2. The van der Waals surface area contributed by atoms with E-state index in [4.69, 9.17) is 4.74 Å². The van der Waals surface area contributed by atoms with Gasteiger partial charge >= 0.3 is 12.2 Å². The number of hydrogen-bond donors (Lipinski definition) is 0. The van der Waals surface area contributed by atoms with Crippen LogP contribution in [0.3, 0.4) is 0 Å². The van der Waals surface area contributed by atoms with E-state index in [2.05, 4.69) is 10.1 Å². The Kier molecular flexibility index (Phi) is 4.79. The number of aromatic nitrogens is 3. The summed E-state index contributed by atoms with van der Waals surface area (Å²) >= 11 is 0. The summed E-state index contributed by atoms with van der Waals surface area (Å²) in [6, 6.07) is 2.09. The second-order valence-electron chi connectivity index (χ2n) is 7.49. The lowest BCUT2D eigenvalue weighted by atomic mass is 10.0. The molecular weight excluding hydrogens is 389 g/mol. The largest absolute Gasteiger partial charge is 0.488 e. The lowest BCUT2D eigenvalue weighted by Gasteiger charge is -2.21. The SMILES string of the molecule is CC(=O)c1ccn(C(=O)N2C[C@H]3CC(Oc4cnccc4C(F)(F)F)C[C@H]3C2)n1. The van der Waals surface area contributed by atoms with Crippen LogP contribution >= 0.6 is 0 Å². The summed E-state index contributed by atoms with van der Waals surface area (Å²) in [5, 5.41) is 3.99. The number of alkyl halides is 3. The molecule has 29 heavy (non-hydrogen) atoms. The Morgan fingerprint density at radius 2 is 1.86 bits per heavy atom. The van der Waals surface area contributed by atoms with Crippen LogP contribution in [0.15, 0.2) is 30.7 Å². The molecule has 0 bridgehead atoms. The molecule has 4 rings (SSSR count). The Labute approximate surface area is 164 Å². The molecule has 3 atom stereocenters. The maximum absolute atomic E-state index is 13.1. The number of halogens is 3. The van der Waals surface area contributed by atoms with Crippen molar-refractivity contribution >= 4 is 11.8 Å². The summed E-state index contributed by atoms with van der Waals surface area (Å²) in [5.74, 6) is -0.176. The Bertz CT molecular complexity index is 929. The lowest BCUT2D eigenvalue weighted by molar-refractivity contribution is -0.139. The average molecular weight is 408 g/mol. The molecule has 0 aromatic carbocycles. The molecule has 1 aliphatic carbocycles. The predicted octanol–water partition coefficient (Wildman–Crippen LogP) is 3.26. The van der Waals surface area contributed by atoms with Crippen molar-refractivity contribution in [3.05, 3.63) is 42.0 Å². The fourth-order valence-corrected chi connectivity index (χ4v) is 4.15. The first-order chi connectivity index (χ1) is 13.7. The maximum atomic E-state index is 13.1. The van der Waals surface area contributed by atoms with Gasteiger partial charge < -0.3 is 9.64 Å². The quantitative estimate of drug-likeness (QED) is 0.729. The number of carbonyl (C=O) groups excluding carboxylic acids is 2. The van der Waals surface area contributed by atoms with Crippen molar-refractivity contribution in [2.24, 2.45) is 11.8 Å². The topological polar surface area (TPSA) is 77.3 Å². The molecule has 1 unspecified atom stereocenters. The molecule has 2 fully saturated rings. The van der Waals surface area contributed by atoms with Gasteiger partial charge in [0.15, 0.2) is 5.78 Å². The molecule has 10 heteroatoms. The summed E-state index contributed by atoms with van der Waals surface area (Å²) in [7, 11) is 0. The van der Waals surface area contributed by atoms with Crippen molar-refractivity contribution in [2.75, 3.05) is 13.1 Å². The van der Waals surface area contributed by atoms with Crippen LogP contribution in [0.4, 0.5) is 18.0 Å². The molecule has 2 aliphatic rings. The zero-order valence-electron chi connectivity index (χ0n) is 15.6. The van der Waals surface area contributed by atoms with Crippen LogP contribution in [-0.2, 0) is 6.18 Å². The molecule has 0 spiro atoms. The monoisotopic (exact) mass is 408 g/mol. The summed E-state index contributed by atoms with van der Waals surface area (Å²) in [4.78, 5) is 29.3. The fourth-order valence-electron chi connectivity index (χ4n) is 4.15. The summed E-state index contributed by atoms with van der Waals surface area (Å²) in [6.45, 7) is 2.35. The molecule has 2 aromatic heterocycles. The van der Waals surface area contributed by atoms with Gasteiger partial charge in [-0.15, -0.1) is 0 Å². The average Bonchev–Trinajstić information content (AvgIpc) is 3.35. The van der Waals surface area contributed by atoms with Crippen molar-refractivity contribution in [2.45, 2.75) is 32.0 Å². The van der Waals surface area contributed by atoms with Gasteiger partial charge in [-0.05, 0) is 36.8 Å². The number of ether oxygens (including phenoxy) is 1. The number of Topliss-reactive ketones (excluding diaryl/α,β-unsaturated/α-hetero) is 1. The van der Waals surface area contributed by atoms with Crippen LogP contribution < -0.4 is 4.74 Å². The van der Waals surface area contributed by atoms with Gasteiger partial charge in [0.05, 0.1) is 12.3 Å². The molecule has 1 saturated heterocycles. The standard InChI is InChI=1S/C19H19F3N4O3/c1-11(27)16-3-5-26(24-16)18(28)25-9-12-6-14(7-13(12)10-25)29-17-8-23-4-2-15(17)19(20,21)22/h2-5,8,12-14H,6-7,9-10H2,1H3/t12-,13+,14?. The highest BCUT2D eigenvalue weighted by atomic mass is 19.4. The summed E-state index contributed by atoms with van der Waals surface area (Å²) < 4.78 is 46.2.